The van der Waals surface area contributed by atoms with Crippen molar-refractivity contribution in [1.29, 1.82) is 0 Å². The number of aryl methyl sites for hydroxylation is 1. The van der Waals surface area contributed by atoms with Gasteiger partial charge in [0.25, 0.3) is 5.91 Å². The number of aromatic amines is 1. The fraction of sp³-hybridized carbons (Fsp3) is 0.625. The number of H-pyrrole nitrogens is 1. The first-order valence-corrected chi connectivity index (χ1v) is 9.18. The van der Waals surface area contributed by atoms with Gasteiger partial charge in [0.05, 0.1) is 5.69 Å². The Kier molecular flexibility index (Phi) is 5.25. The Balaban J connectivity index is 1.54. The molecule has 7 nitrogen and oxygen atoms in total. The molecule has 3 rings (SSSR count). The summed E-state index contributed by atoms with van der Waals surface area (Å²) in [6.45, 7) is 10.2. The van der Waals surface area contributed by atoms with Gasteiger partial charge in [-0.2, -0.15) is 5.10 Å². The van der Waals surface area contributed by atoms with Gasteiger partial charge in [-0.15, -0.1) is 11.3 Å². The van der Waals surface area contributed by atoms with Crippen LogP contribution in [0, 0.1) is 18.8 Å². The monoisotopic (exact) mass is 348 g/mol. The van der Waals surface area contributed by atoms with Crippen LogP contribution >= 0.6 is 11.3 Å². The van der Waals surface area contributed by atoms with E-state index in [1.54, 1.807) is 0 Å². The molecular formula is C16H24N6OS. The summed E-state index contributed by atoms with van der Waals surface area (Å²) in [6, 6.07) is 0. The Bertz CT molecular complexity index is 673. The van der Waals surface area contributed by atoms with Crippen LogP contribution in [0.1, 0.15) is 35.6 Å². The fourth-order valence-electron chi connectivity index (χ4n) is 3.40. The second-order valence-corrected chi connectivity index (χ2v) is 7.73. The first kappa shape index (κ1) is 17.0. The minimum Gasteiger partial charge on any atom is -0.350 e. The lowest BCUT2D eigenvalue weighted by atomic mass is 9.92. The van der Waals surface area contributed by atoms with Crippen molar-refractivity contribution in [1.82, 2.24) is 30.4 Å². The number of thiazole rings is 1. The standard InChI is InChI=1S/C16H24N6OS/c1-10-6-11(2)8-22(7-10)5-4-17-15(23)13-12(3)20-16(24-13)14-18-9-19-21-14/h9-11H,4-8H2,1-3H3,(H,17,23)(H,18,19,21). The van der Waals surface area contributed by atoms with Gasteiger partial charge >= 0.3 is 0 Å². The van der Waals surface area contributed by atoms with Crippen molar-refractivity contribution >= 4 is 17.2 Å². The van der Waals surface area contributed by atoms with Crippen molar-refractivity contribution in [3.8, 4) is 10.8 Å². The van der Waals surface area contributed by atoms with Gasteiger partial charge < -0.3 is 10.2 Å². The van der Waals surface area contributed by atoms with E-state index in [0.717, 1.165) is 37.2 Å². The molecule has 3 heterocycles. The Morgan fingerprint density at radius 2 is 2.17 bits per heavy atom. The summed E-state index contributed by atoms with van der Waals surface area (Å²) in [5, 5.41) is 10.3. The number of piperidine rings is 1. The zero-order chi connectivity index (χ0) is 17.1. The highest BCUT2D eigenvalue weighted by Gasteiger charge is 2.22. The Hall–Kier alpha value is -1.80. The smallest absolute Gasteiger partial charge is 0.263 e. The number of nitrogens with zero attached hydrogens (tertiary/aromatic N) is 4. The van der Waals surface area contributed by atoms with Gasteiger partial charge in [-0.05, 0) is 25.2 Å². The van der Waals surface area contributed by atoms with Crippen molar-refractivity contribution < 1.29 is 4.79 Å². The molecule has 2 atom stereocenters. The van der Waals surface area contributed by atoms with E-state index < -0.39 is 0 Å². The third-order valence-corrected chi connectivity index (χ3v) is 5.44. The van der Waals surface area contributed by atoms with Crippen LogP contribution < -0.4 is 5.32 Å². The topological polar surface area (TPSA) is 86.8 Å². The maximum atomic E-state index is 12.4. The average Bonchev–Trinajstić information content (AvgIpc) is 3.15. The first-order chi connectivity index (χ1) is 11.5. The van der Waals surface area contributed by atoms with Crippen LogP contribution in [-0.2, 0) is 0 Å². The largest absolute Gasteiger partial charge is 0.350 e. The summed E-state index contributed by atoms with van der Waals surface area (Å²) >= 11 is 1.34. The highest BCUT2D eigenvalue weighted by Crippen LogP contribution is 2.25. The molecule has 0 spiro atoms. The first-order valence-electron chi connectivity index (χ1n) is 8.36. The number of likely N-dealkylation sites (tertiary alicyclic amines) is 1. The summed E-state index contributed by atoms with van der Waals surface area (Å²) in [7, 11) is 0. The molecular weight excluding hydrogens is 324 g/mol. The molecule has 1 aliphatic heterocycles. The van der Waals surface area contributed by atoms with Crippen LogP contribution in [0.25, 0.3) is 10.8 Å². The maximum absolute atomic E-state index is 12.4. The van der Waals surface area contributed by atoms with Crippen molar-refractivity contribution in [2.75, 3.05) is 26.2 Å². The van der Waals surface area contributed by atoms with Crippen LogP contribution in [0.15, 0.2) is 6.33 Å². The van der Waals surface area contributed by atoms with Crippen LogP contribution in [0.4, 0.5) is 0 Å². The van der Waals surface area contributed by atoms with Gasteiger partial charge in [0, 0.05) is 26.2 Å². The third-order valence-electron chi connectivity index (χ3n) is 4.28. The van der Waals surface area contributed by atoms with E-state index in [1.165, 1.54) is 24.1 Å². The molecule has 0 saturated carbocycles. The van der Waals surface area contributed by atoms with Crippen LogP contribution in [-0.4, -0.2) is 57.2 Å². The SMILES string of the molecule is Cc1nc(-c2ncn[nH]2)sc1C(=O)NCCN1CC(C)CC(C)C1. The lowest BCUT2D eigenvalue weighted by Crippen LogP contribution is -2.42. The summed E-state index contributed by atoms with van der Waals surface area (Å²) < 4.78 is 0. The van der Waals surface area contributed by atoms with Gasteiger partial charge in [0.15, 0.2) is 10.8 Å². The van der Waals surface area contributed by atoms with Crippen LogP contribution in [0.3, 0.4) is 0 Å². The highest BCUT2D eigenvalue weighted by atomic mass is 32.1. The molecule has 2 aromatic heterocycles. The molecule has 0 bridgehead atoms. The molecule has 2 unspecified atom stereocenters. The van der Waals surface area contributed by atoms with Gasteiger partial charge in [-0.25, -0.2) is 9.97 Å². The van der Waals surface area contributed by atoms with Crippen molar-refractivity contribution in [2.24, 2.45) is 11.8 Å². The van der Waals surface area contributed by atoms with Gasteiger partial charge in [-0.1, -0.05) is 13.8 Å². The Morgan fingerprint density at radius 3 is 2.83 bits per heavy atom. The van der Waals surface area contributed by atoms with Gasteiger partial charge in [-0.3, -0.25) is 9.89 Å². The van der Waals surface area contributed by atoms with E-state index in [4.69, 9.17) is 0 Å². The molecule has 8 heteroatoms. The molecule has 24 heavy (non-hydrogen) atoms. The predicted octanol–water partition coefficient (Wildman–Crippen LogP) is 1.94. The zero-order valence-electron chi connectivity index (χ0n) is 14.4. The number of carbonyl (C=O) groups excluding carboxylic acids is 1. The molecule has 1 fully saturated rings. The van der Waals surface area contributed by atoms with E-state index >= 15 is 0 Å². The third kappa shape index (κ3) is 3.99. The maximum Gasteiger partial charge on any atom is 0.263 e. The molecule has 0 radical (unpaired) electrons. The Morgan fingerprint density at radius 1 is 1.42 bits per heavy atom. The Labute approximate surface area is 145 Å². The number of carbonyl (C=O) groups is 1. The normalized spacial score (nSPS) is 21.8. The number of aromatic nitrogens is 4. The van der Waals surface area contributed by atoms with E-state index in [9.17, 15) is 4.79 Å². The lowest BCUT2D eigenvalue weighted by Gasteiger charge is -2.34. The molecule has 0 aromatic carbocycles. The minimum absolute atomic E-state index is 0.0612. The van der Waals surface area contributed by atoms with Crippen molar-refractivity contribution in [3.05, 3.63) is 16.9 Å². The molecule has 1 aliphatic rings. The molecule has 130 valence electrons. The second-order valence-electron chi connectivity index (χ2n) is 6.73. The second kappa shape index (κ2) is 7.40. The highest BCUT2D eigenvalue weighted by molar-refractivity contribution is 7.17. The minimum atomic E-state index is -0.0612. The number of amides is 1. The zero-order valence-corrected chi connectivity index (χ0v) is 15.2. The average molecular weight is 348 g/mol. The quantitative estimate of drug-likeness (QED) is 0.862. The van der Waals surface area contributed by atoms with Crippen LogP contribution in [0.5, 0.6) is 0 Å². The summed E-state index contributed by atoms with van der Waals surface area (Å²) in [6.07, 6.45) is 2.74. The van der Waals surface area contributed by atoms with E-state index in [-0.39, 0.29) is 5.91 Å². The van der Waals surface area contributed by atoms with Crippen molar-refractivity contribution in [3.63, 3.8) is 0 Å². The predicted molar refractivity (Wildman–Crippen MR) is 93.9 cm³/mol. The molecule has 1 amide bonds. The summed E-state index contributed by atoms with van der Waals surface area (Å²) in [4.78, 5) is 24.0. The number of hydrogen-bond donors (Lipinski definition) is 2. The van der Waals surface area contributed by atoms with E-state index in [0.29, 0.717) is 22.3 Å². The summed E-state index contributed by atoms with van der Waals surface area (Å²) in [5.41, 5.74) is 0.726. The molecule has 0 aliphatic carbocycles. The van der Waals surface area contributed by atoms with Gasteiger partial charge in [0.1, 0.15) is 11.2 Å². The van der Waals surface area contributed by atoms with Crippen molar-refractivity contribution in [2.45, 2.75) is 27.2 Å². The van der Waals surface area contributed by atoms with Gasteiger partial charge in [0.2, 0.25) is 0 Å². The molecule has 2 aromatic rings. The molecule has 1 saturated heterocycles. The lowest BCUT2D eigenvalue weighted by molar-refractivity contribution is 0.0940. The fourth-order valence-corrected chi connectivity index (χ4v) is 4.33. The van der Waals surface area contributed by atoms with E-state index in [1.807, 2.05) is 6.92 Å². The summed E-state index contributed by atoms with van der Waals surface area (Å²) in [5.74, 6) is 2.00. The molecule has 2 N–H and O–H groups in total. The van der Waals surface area contributed by atoms with E-state index in [2.05, 4.69) is 44.2 Å². The van der Waals surface area contributed by atoms with Crippen LogP contribution in [0.2, 0.25) is 0 Å². The number of nitrogens with one attached hydrogen (secondary N) is 2. The number of rotatable bonds is 5. The number of hydrogen-bond acceptors (Lipinski definition) is 6.